The van der Waals surface area contributed by atoms with Gasteiger partial charge in [0.05, 0.1) is 6.10 Å². The van der Waals surface area contributed by atoms with Crippen LogP contribution in [-0.2, 0) is 4.74 Å². The first-order chi connectivity index (χ1) is 9.90. The highest BCUT2D eigenvalue weighted by Crippen LogP contribution is 2.42. The van der Waals surface area contributed by atoms with Crippen molar-refractivity contribution >= 4 is 11.6 Å². The third-order valence-electron chi connectivity index (χ3n) is 4.49. The van der Waals surface area contributed by atoms with Gasteiger partial charge >= 0.3 is 0 Å². The predicted octanol–water partition coefficient (Wildman–Crippen LogP) is 2.21. The second-order valence-corrected chi connectivity index (χ2v) is 6.20. The van der Waals surface area contributed by atoms with Crippen molar-refractivity contribution in [3.05, 3.63) is 29.3 Å². The zero-order chi connectivity index (χ0) is 15.6. The topological polar surface area (TPSA) is 76.4 Å². The van der Waals surface area contributed by atoms with Gasteiger partial charge in [0.25, 0.3) is 5.91 Å². The van der Waals surface area contributed by atoms with Crippen molar-refractivity contribution < 1.29 is 9.53 Å². The highest BCUT2D eigenvalue weighted by atomic mass is 16.5. The summed E-state index contributed by atoms with van der Waals surface area (Å²) in [6.07, 6.45) is 1.09. The fraction of sp³-hybridized carbons (Fsp3) is 0.562. The van der Waals surface area contributed by atoms with E-state index in [9.17, 15) is 4.79 Å². The van der Waals surface area contributed by atoms with Gasteiger partial charge in [-0.05, 0) is 44.0 Å². The molecule has 0 spiro atoms. The van der Waals surface area contributed by atoms with Gasteiger partial charge in [0.1, 0.15) is 0 Å². The summed E-state index contributed by atoms with van der Waals surface area (Å²) in [6, 6.07) is 5.61. The van der Waals surface area contributed by atoms with Crippen LogP contribution in [0.5, 0.6) is 0 Å². The Kier molecular flexibility index (Phi) is 4.54. The number of nitrogens with one attached hydrogen (secondary N) is 2. The Balaban J connectivity index is 2.03. The van der Waals surface area contributed by atoms with Crippen LogP contribution in [-0.4, -0.2) is 24.7 Å². The quantitative estimate of drug-likeness (QED) is 0.574. The van der Waals surface area contributed by atoms with Gasteiger partial charge in [-0.3, -0.25) is 10.6 Å². The smallest absolute Gasteiger partial charge is 0.251 e. The van der Waals surface area contributed by atoms with Crippen LogP contribution < -0.4 is 16.6 Å². The van der Waals surface area contributed by atoms with Crippen LogP contribution in [0.3, 0.4) is 0 Å². The number of nitrogen functional groups attached to an aromatic ring is 1. The Hall–Kier alpha value is -1.59. The molecule has 5 heteroatoms. The van der Waals surface area contributed by atoms with E-state index < -0.39 is 0 Å². The number of aryl methyl sites for hydroxylation is 1. The number of carbonyl (C=O) groups is 1. The van der Waals surface area contributed by atoms with Crippen LogP contribution in [0.1, 0.15) is 43.1 Å². The summed E-state index contributed by atoms with van der Waals surface area (Å²) in [6.45, 7) is 8.89. The number of hydrogen-bond donors (Lipinski definition) is 3. The van der Waals surface area contributed by atoms with Gasteiger partial charge in [0, 0.05) is 29.3 Å². The lowest BCUT2D eigenvalue weighted by Gasteiger charge is -2.51. The van der Waals surface area contributed by atoms with E-state index in [1.54, 1.807) is 12.1 Å². The molecule has 2 rings (SSSR count). The molecule has 0 aromatic heterocycles. The maximum Gasteiger partial charge on any atom is 0.251 e. The van der Waals surface area contributed by atoms with E-state index in [0.29, 0.717) is 12.2 Å². The molecule has 1 saturated carbocycles. The molecule has 4 N–H and O–H groups in total. The SMILES string of the molecule is CCOC1CC(NC(=O)c2ccc(NN)cc2C)C1(C)C. The van der Waals surface area contributed by atoms with E-state index in [4.69, 9.17) is 10.6 Å². The molecule has 1 aliphatic rings. The summed E-state index contributed by atoms with van der Waals surface area (Å²) in [5.74, 6) is 5.33. The van der Waals surface area contributed by atoms with Crippen LogP contribution in [0.4, 0.5) is 5.69 Å². The van der Waals surface area contributed by atoms with Crippen molar-refractivity contribution in [2.75, 3.05) is 12.0 Å². The first-order valence-electron chi connectivity index (χ1n) is 7.39. The molecule has 1 aromatic rings. The van der Waals surface area contributed by atoms with Gasteiger partial charge in [-0.25, -0.2) is 0 Å². The maximum absolute atomic E-state index is 12.4. The molecule has 2 atom stereocenters. The second-order valence-electron chi connectivity index (χ2n) is 6.20. The molecule has 0 aliphatic heterocycles. The predicted molar refractivity (Wildman–Crippen MR) is 84.1 cm³/mol. The third-order valence-corrected chi connectivity index (χ3v) is 4.49. The van der Waals surface area contributed by atoms with Crippen molar-refractivity contribution in [1.29, 1.82) is 0 Å². The van der Waals surface area contributed by atoms with Crippen molar-refractivity contribution in [3.63, 3.8) is 0 Å². The first kappa shape index (κ1) is 15.8. The van der Waals surface area contributed by atoms with Crippen molar-refractivity contribution in [2.24, 2.45) is 11.3 Å². The highest BCUT2D eigenvalue weighted by molar-refractivity contribution is 5.96. The molecular formula is C16H25N3O2. The molecule has 1 aliphatic carbocycles. The standard InChI is InChI=1S/C16H25N3O2/c1-5-21-14-9-13(16(14,3)4)18-15(20)12-7-6-11(19-17)8-10(12)2/h6-8,13-14,19H,5,9,17H2,1-4H3,(H,18,20). The molecule has 0 heterocycles. The summed E-state index contributed by atoms with van der Waals surface area (Å²) in [4.78, 5) is 12.4. The Labute approximate surface area is 126 Å². The van der Waals surface area contributed by atoms with E-state index in [1.165, 1.54) is 0 Å². The first-order valence-corrected chi connectivity index (χ1v) is 7.39. The summed E-state index contributed by atoms with van der Waals surface area (Å²) >= 11 is 0. The lowest BCUT2D eigenvalue weighted by molar-refractivity contribution is -0.111. The average molecular weight is 291 g/mol. The van der Waals surface area contributed by atoms with Crippen LogP contribution in [0, 0.1) is 12.3 Å². The number of nitrogens with two attached hydrogens (primary N) is 1. The number of ether oxygens (including phenoxy) is 1. The minimum absolute atomic E-state index is 0.0294. The van der Waals surface area contributed by atoms with Gasteiger partial charge in [-0.1, -0.05) is 13.8 Å². The Morgan fingerprint density at radius 1 is 1.48 bits per heavy atom. The molecule has 2 unspecified atom stereocenters. The molecule has 0 bridgehead atoms. The number of rotatable bonds is 5. The zero-order valence-electron chi connectivity index (χ0n) is 13.2. The summed E-state index contributed by atoms with van der Waals surface area (Å²) in [5.41, 5.74) is 4.94. The molecule has 116 valence electrons. The number of benzene rings is 1. The summed E-state index contributed by atoms with van der Waals surface area (Å²) in [7, 11) is 0. The highest BCUT2D eigenvalue weighted by Gasteiger charge is 2.49. The molecule has 5 nitrogen and oxygen atoms in total. The van der Waals surface area contributed by atoms with E-state index in [0.717, 1.165) is 17.7 Å². The Morgan fingerprint density at radius 3 is 2.71 bits per heavy atom. The van der Waals surface area contributed by atoms with Gasteiger partial charge < -0.3 is 15.5 Å². The average Bonchev–Trinajstić information content (AvgIpc) is 2.45. The van der Waals surface area contributed by atoms with Crippen molar-refractivity contribution in [3.8, 4) is 0 Å². The van der Waals surface area contributed by atoms with E-state index in [1.807, 2.05) is 19.9 Å². The Bertz CT molecular complexity index is 528. The maximum atomic E-state index is 12.4. The number of hydrogen-bond acceptors (Lipinski definition) is 4. The fourth-order valence-corrected chi connectivity index (χ4v) is 2.86. The van der Waals surface area contributed by atoms with Crippen LogP contribution in [0.2, 0.25) is 0 Å². The molecular weight excluding hydrogens is 266 g/mol. The fourth-order valence-electron chi connectivity index (χ4n) is 2.86. The number of anilines is 1. The minimum Gasteiger partial charge on any atom is -0.378 e. The van der Waals surface area contributed by atoms with Gasteiger partial charge in [-0.15, -0.1) is 0 Å². The van der Waals surface area contributed by atoms with Crippen LogP contribution >= 0.6 is 0 Å². The van der Waals surface area contributed by atoms with Gasteiger partial charge in [-0.2, -0.15) is 0 Å². The molecule has 1 fully saturated rings. The van der Waals surface area contributed by atoms with Gasteiger partial charge in [0.15, 0.2) is 0 Å². The summed E-state index contributed by atoms with van der Waals surface area (Å²) in [5, 5.41) is 3.12. The van der Waals surface area contributed by atoms with Crippen molar-refractivity contribution in [1.82, 2.24) is 5.32 Å². The van der Waals surface area contributed by atoms with Crippen LogP contribution in [0.25, 0.3) is 0 Å². The normalized spacial score (nSPS) is 23.3. The second kappa shape index (κ2) is 6.03. The van der Waals surface area contributed by atoms with Crippen molar-refractivity contribution in [2.45, 2.75) is 46.3 Å². The molecule has 0 radical (unpaired) electrons. The molecule has 21 heavy (non-hydrogen) atoms. The van der Waals surface area contributed by atoms with E-state index in [-0.39, 0.29) is 23.5 Å². The molecule has 1 aromatic carbocycles. The summed E-state index contributed by atoms with van der Waals surface area (Å²) < 4.78 is 5.69. The minimum atomic E-state index is -0.0379. The van der Waals surface area contributed by atoms with Crippen LogP contribution in [0.15, 0.2) is 18.2 Å². The van der Waals surface area contributed by atoms with E-state index in [2.05, 4.69) is 24.6 Å². The largest absolute Gasteiger partial charge is 0.378 e. The lowest BCUT2D eigenvalue weighted by Crippen LogP contribution is -2.62. The lowest BCUT2D eigenvalue weighted by atomic mass is 9.64. The number of amides is 1. The zero-order valence-corrected chi connectivity index (χ0v) is 13.2. The number of carbonyl (C=O) groups excluding carboxylic acids is 1. The van der Waals surface area contributed by atoms with Gasteiger partial charge in [0.2, 0.25) is 0 Å². The number of hydrazine groups is 1. The molecule has 1 amide bonds. The van der Waals surface area contributed by atoms with E-state index >= 15 is 0 Å². The molecule has 0 saturated heterocycles. The third kappa shape index (κ3) is 3.04. The monoisotopic (exact) mass is 291 g/mol. The Morgan fingerprint density at radius 2 is 2.19 bits per heavy atom.